The number of ether oxygens (including phenoxy) is 2. The third kappa shape index (κ3) is 6.48. The maximum Gasteiger partial charge on any atom is 0.343 e. The van der Waals surface area contributed by atoms with Crippen molar-refractivity contribution in [2.24, 2.45) is 5.10 Å². The molecule has 1 atom stereocenters. The minimum atomic E-state index is -0.917. The lowest BCUT2D eigenvalue weighted by Gasteiger charge is -2.13. The summed E-state index contributed by atoms with van der Waals surface area (Å²) in [5, 5.41) is 14.7. The quantitative estimate of drug-likeness (QED) is 0.148. The Balaban J connectivity index is 1.65. The first-order valence-electron chi connectivity index (χ1n) is 10.1. The highest BCUT2D eigenvalue weighted by molar-refractivity contribution is 9.10. The van der Waals surface area contributed by atoms with E-state index < -0.39 is 22.9 Å². The van der Waals surface area contributed by atoms with Crippen LogP contribution in [0, 0.1) is 17.0 Å². The van der Waals surface area contributed by atoms with Gasteiger partial charge in [0.2, 0.25) is 0 Å². The number of nitrogens with zero attached hydrogens (tertiary/aromatic N) is 2. The molecule has 0 radical (unpaired) electrons. The zero-order chi connectivity index (χ0) is 24.7. The van der Waals surface area contributed by atoms with Crippen molar-refractivity contribution in [1.29, 1.82) is 0 Å². The number of carbonyl (C=O) groups excluding carboxylic acids is 2. The van der Waals surface area contributed by atoms with Gasteiger partial charge < -0.3 is 9.47 Å². The summed E-state index contributed by atoms with van der Waals surface area (Å²) in [6.45, 7) is 3.33. The Hall–Kier alpha value is -4.05. The fraction of sp³-hybridized carbons (Fsp3) is 0.125. The molecule has 3 aromatic rings. The Morgan fingerprint density at radius 2 is 1.82 bits per heavy atom. The molecular weight excluding hydrogens is 506 g/mol. The summed E-state index contributed by atoms with van der Waals surface area (Å²) >= 11 is 3.36. The molecule has 3 rings (SSSR count). The smallest absolute Gasteiger partial charge is 0.343 e. The van der Waals surface area contributed by atoms with Crippen LogP contribution in [0.1, 0.15) is 28.4 Å². The van der Waals surface area contributed by atoms with E-state index in [9.17, 15) is 19.7 Å². The van der Waals surface area contributed by atoms with Crippen LogP contribution in [0.25, 0.3) is 0 Å². The minimum absolute atomic E-state index is 0.0815. The molecule has 0 spiro atoms. The van der Waals surface area contributed by atoms with Gasteiger partial charge in [-0.25, -0.2) is 10.2 Å². The van der Waals surface area contributed by atoms with Crippen LogP contribution in [0.3, 0.4) is 0 Å². The van der Waals surface area contributed by atoms with Crippen molar-refractivity contribution in [3.05, 3.63) is 98.0 Å². The molecule has 10 heteroatoms. The first-order chi connectivity index (χ1) is 16.2. The normalized spacial score (nSPS) is 11.6. The lowest BCUT2D eigenvalue weighted by molar-refractivity contribution is -0.384. The number of hydrogen-bond acceptors (Lipinski definition) is 7. The number of benzene rings is 3. The summed E-state index contributed by atoms with van der Waals surface area (Å²) in [5.41, 5.74) is 3.97. The van der Waals surface area contributed by atoms with Gasteiger partial charge in [0.1, 0.15) is 11.5 Å². The molecule has 3 aromatic carbocycles. The predicted octanol–water partition coefficient (Wildman–Crippen LogP) is 4.80. The van der Waals surface area contributed by atoms with Gasteiger partial charge in [0.05, 0.1) is 16.7 Å². The molecule has 0 aliphatic carbocycles. The highest BCUT2D eigenvalue weighted by Gasteiger charge is 2.16. The van der Waals surface area contributed by atoms with E-state index in [2.05, 4.69) is 26.5 Å². The van der Waals surface area contributed by atoms with Crippen LogP contribution in [0.2, 0.25) is 0 Å². The second-order valence-electron chi connectivity index (χ2n) is 7.13. The van der Waals surface area contributed by atoms with Gasteiger partial charge in [-0.3, -0.25) is 14.9 Å². The van der Waals surface area contributed by atoms with Gasteiger partial charge in [0, 0.05) is 22.2 Å². The Kier molecular flexibility index (Phi) is 8.10. The van der Waals surface area contributed by atoms with Gasteiger partial charge in [-0.1, -0.05) is 34.1 Å². The summed E-state index contributed by atoms with van der Waals surface area (Å²) in [5.74, 6) is -0.480. The molecule has 34 heavy (non-hydrogen) atoms. The van der Waals surface area contributed by atoms with E-state index in [-0.39, 0.29) is 11.4 Å². The Morgan fingerprint density at radius 1 is 1.12 bits per heavy atom. The maximum atomic E-state index is 12.6. The van der Waals surface area contributed by atoms with Gasteiger partial charge in [0.15, 0.2) is 6.10 Å². The van der Waals surface area contributed by atoms with Crippen molar-refractivity contribution >= 4 is 39.7 Å². The number of nitrogens with one attached hydrogen (secondary N) is 1. The summed E-state index contributed by atoms with van der Waals surface area (Å²) in [7, 11) is 0. The number of hydrazone groups is 1. The van der Waals surface area contributed by atoms with Gasteiger partial charge in [-0.15, -0.1) is 0 Å². The molecule has 0 saturated carbocycles. The number of amides is 1. The van der Waals surface area contributed by atoms with Crippen molar-refractivity contribution in [3.8, 4) is 11.5 Å². The van der Waals surface area contributed by atoms with Crippen molar-refractivity contribution in [3.63, 3.8) is 0 Å². The zero-order valence-corrected chi connectivity index (χ0v) is 19.8. The predicted molar refractivity (Wildman–Crippen MR) is 129 cm³/mol. The fourth-order valence-corrected chi connectivity index (χ4v) is 3.21. The topological polar surface area (TPSA) is 120 Å². The third-order valence-corrected chi connectivity index (χ3v) is 5.14. The molecule has 0 aliphatic rings. The SMILES string of the molecule is Cc1ccccc1C(=O)Oc1ccc(Br)cc1C=NNC(=O)C(C)Oc1ccc([N+](=O)[O-])cc1. The first-order valence-corrected chi connectivity index (χ1v) is 10.9. The van der Waals surface area contributed by atoms with Gasteiger partial charge in [-0.2, -0.15) is 5.10 Å². The second kappa shape index (κ2) is 11.2. The number of hydrogen-bond donors (Lipinski definition) is 1. The Bertz CT molecular complexity index is 1240. The van der Waals surface area contributed by atoms with Crippen LogP contribution in [0.15, 0.2) is 76.3 Å². The highest BCUT2D eigenvalue weighted by atomic mass is 79.9. The molecule has 1 N–H and O–H groups in total. The molecule has 9 nitrogen and oxygen atoms in total. The van der Waals surface area contributed by atoms with E-state index in [1.807, 2.05) is 19.1 Å². The van der Waals surface area contributed by atoms with E-state index in [1.54, 1.807) is 30.3 Å². The Labute approximate surface area is 203 Å². The number of nitro groups is 1. The summed E-state index contributed by atoms with van der Waals surface area (Å²) in [6.07, 6.45) is 0.432. The molecule has 0 fully saturated rings. The van der Waals surface area contributed by atoms with Crippen LogP contribution in [-0.4, -0.2) is 29.1 Å². The number of non-ortho nitro benzene ring substituents is 1. The van der Waals surface area contributed by atoms with Crippen molar-refractivity contribution in [1.82, 2.24) is 5.43 Å². The van der Waals surface area contributed by atoms with Gasteiger partial charge >= 0.3 is 5.97 Å². The molecule has 0 bridgehead atoms. The number of nitro benzene ring substituents is 1. The minimum Gasteiger partial charge on any atom is -0.481 e. The number of halogens is 1. The van der Waals surface area contributed by atoms with Gasteiger partial charge in [-0.05, 0) is 55.8 Å². The molecule has 174 valence electrons. The number of rotatable bonds is 8. The summed E-state index contributed by atoms with van der Waals surface area (Å²) in [6, 6.07) is 17.5. The highest BCUT2D eigenvalue weighted by Crippen LogP contribution is 2.23. The second-order valence-corrected chi connectivity index (χ2v) is 8.05. The lowest BCUT2D eigenvalue weighted by atomic mass is 10.1. The number of aryl methyl sites for hydroxylation is 1. The monoisotopic (exact) mass is 525 g/mol. The Morgan fingerprint density at radius 3 is 2.50 bits per heavy atom. The molecule has 0 aromatic heterocycles. The number of esters is 1. The zero-order valence-electron chi connectivity index (χ0n) is 18.2. The third-order valence-electron chi connectivity index (χ3n) is 4.65. The van der Waals surface area contributed by atoms with E-state index in [0.29, 0.717) is 16.9 Å². The summed E-state index contributed by atoms with van der Waals surface area (Å²) in [4.78, 5) is 35.1. The average molecular weight is 526 g/mol. The molecular formula is C24H20BrN3O6. The van der Waals surface area contributed by atoms with E-state index >= 15 is 0 Å². The number of carbonyl (C=O) groups is 2. The van der Waals surface area contributed by atoms with Crippen molar-refractivity contribution in [2.45, 2.75) is 20.0 Å². The van der Waals surface area contributed by atoms with Crippen LogP contribution in [0.4, 0.5) is 5.69 Å². The average Bonchev–Trinajstić information content (AvgIpc) is 2.81. The van der Waals surface area contributed by atoms with Crippen LogP contribution in [-0.2, 0) is 4.79 Å². The lowest BCUT2D eigenvalue weighted by Crippen LogP contribution is -2.33. The van der Waals surface area contributed by atoms with Crippen molar-refractivity contribution < 1.29 is 24.0 Å². The van der Waals surface area contributed by atoms with E-state index in [4.69, 9.17) is 9.47 Å². The molecule has 0 saturated heterocycles. The molecule has 0 heterocycles. The fourth-order valence-electron chi connectivity index (χ4n) is 2.83. The van der Waals surface area contributed by atoms with Gasteiger partial charge in [0.25, 0.3) is 11.6 Å². The van der Waals surface area contributed by atoms with Crippen molar-refractivity contribution in [2.75, 3.05) is 0 Å². The molecule has 1 unspecified atom stereocenters. The van der Waals surface area contributed by atoms with E-state index in [1.165, 1.54) is 37.4 Å². The van der Waals surface area contributed by atoms with E-state index in [0.717, 1.165) is 10.0 Å². The first kappa shape index (κ1) is 24.6. The summed E-state index contributed by atoms with van der Waals surface area (Å²) < 4.78 is 11.8. The molecule has 0 aliphatic heterocycles. The standard InChI is InChI=1S/C24H20BrN3O6/c1-15-5-3-4-6-21(15)24(30)34-22-12-7-18(25)13-17(22)14-26-27-23(29)16(2)33-20-10-8-19(9-11-20)28(31)32/h3-14,16H,1-2H3,(H,27,29). The maximum absolute atomic E-state index is 12.6. The van der Waals surface area contributed by atoms with Crippen LogP contribution < -0.4 is 14.9 Å². The largest absolute Gasteiger partial charge is 0.481 e. The van der Waals surface area contributed by atoms with Crippen LogP contribution in [0.5, 0.6) is 11.5 Å². The molecule has 1 amide bonds. The van der Waals surface area contributed by atoms with Crippen LogP contribution >= 0.6 is 15.9 Å².